The van der Waals surface area contributed by atoms with Gasteiger partial charge in [0.25, 0.3) is 0 Å². The average Bonchev–Trinajstić information content (AvgIpc) is 2.27. The quantitative estimate of drug-likeness (QED) is 0.744. The van der Waals surface area contributed by atoms with Gasteiger partial charge >= 0.3 is 5.97 Å². The van der Waals surface area contributed by atoms with E-state index in [1.54, 1.807) is 0 Å². The van der Waals surface area contributed by atoms with Crippen molar-refractivity contribution in [2.75, 3.05) is 0 Å². The Hall–Kier alpha value is -1.31. The summed E-state index contributed by atoms with van der Waals surface area (Å²) in [6, 6.07) is 7.74. The van der Waals surface area contributed by atoms with Gasteiger partial charge in [0, 0.05) is 0 Å². The van der Waals surface area contributed by atoms with Crippen LogP contribution < -0.4 is 0 Å². The van der Waals surface area contributed by atoms with E-state index in [0.29, 0.717) is 5.56 Å². The molecule has 18 heavy (non-hydrogen) atoms. The number of hydrogen-bond donors (Lipinski definition) is 0. The molecular formula is C16H24O2. The monoisotopic (exact) mass is 248 g/mol. The number of ether oxygens (including phenoxy) is 1. The van der Waals surface area contributed by atoms with E-state index in [9.17, 15) is 4.79 Å². The van der Waals surface area contributed by atoms with Gasteiger partial charge in [0.2, 0.25) is 0 Å². The van der Waals surface area contributed by atoms with Crippen LogP contribution in [0.25, 0.3) is 0 Å². The summed E-state index contributed by atoms with van der Waals surface area (Å²) in [6.07, 6.45) is 1.03. The summed E-state index contributed by atoms with van der Waals surface area (Å²) in [5.41, 5.74) is 1.43. The summed E-state index contributed by atoms with van der Waals surface area (Å²) in [6.45, 7) is 12.2. The molecule has 0 heterocycles. The number of esters is 1. The van der Waals surface area contributed by atoms with E-state index < -0.39 is 5.60 Å². The van der Waals surface area contributed by atoms with Gasteiger partial charge in [0.15, 0.2) is 0 Å². The molecule has 0 fully saturated rings. The Morgan fingerprint density at radius 1 is 1.17 bits per heavy atom. The minimum Gasteiger partial charge on any atom is -0.456 e. The number of rotatable bonds is 3. The van der Waals surface area contributed by atoms with E-state index >= 15 is 0 Å². The maximum absolute atomic E-state index is 12.0. The van der Waals surface area contributed by atoms with Crippen LogP contribution in [-0.4, -0.2) is 11.6 Å². The second-order valence-corrected chi connectivity index (χ2v) is 6.32. The van der Waals surface area contributed by atoms with Gasteiger partial charge in [-0.25, -0.2) is 4.79 Å². The molecule has 0 bridgehead atoms. The third-order valence-electron chi connectivity index (χ3n) is 3.16. The molecule has 0 aliphatic rings. The maximum Gasteiger partial charge on any atom is 0.338 e. The fraction of sp³-hybridized carbons (Fsp3) is 0.562. The molecule has 2 nitrogen and oxygen atoms in total. The highest BCUT2D eigenvalue weighted by Gasteiger charge is 2.21. The van der Waals surface area contributed by atoms with Gasteiger partial charge in [-0.15, -0.1) is 0 Å². The molecule has 0 radical (unpaired) electrons. The van der Waals surface area contributed by atoms with Gasteiger partial charge in [-0.05, 0) is 50.3 Å². The standard InChI is InChI=1S/C16H24O2/c1-7-16(5,6)13-10-8-9-12(11-13)14(17)18-15(2,3)4/h8-11H,7H2,1-6H3. The third kappa shape index (κ3) is 3.86. The number of hydrogen-bond acceptors (Lipinski definition) is 2. The highest BCUT2D eigenvalue weighted by Crippen LogP contribution is 2.27. The van der Waals surface area contributed by atoms with E-state index in [4.69, 9.17) is 4.74 Å². The normalized spacial score (nSPS) is 12.3. The fourth-order valence-corrected chi connectivity index (χ4v) is 1.61. The zero-order chi connectivity index (χ0) is 14.0. The van der Waals surface area contributed by atoms with Crippen molar-refractivity contribution in [1.82, 2.24) is 0 Å². The van der Waals surface area contributed by atoms with E-state index in [2.05, 4.69) is 26.8 Å². The highest BCUT2D eigenvalue weighted by atomic mass is 16.6. The molecule has 100 valence electrons. The van der Waals surface area contributed by atoms with Gasteiger partial charge in [-0.1, -0.05) is 32.9 Å². The van der Waals surface area contributed by atoms with Gasteiger partial charge in [-0.2, -0.15) is 0 Å². The number of benzene rings is 1. The Balaban J connectivity index is 2.99. The zero-order valence-corrected chi connectivity index (χ0v) is 12.3. The van der Waals surface area contributed by atoms with Crippen molar-refractivity contribution >= 4 is 5.97 Å². The van der Waals surface area contributed by atoms with Crippen molar-refractivity contribution in [3.8, 4) is 0 Å². The molecule has 0 amide bonds. The van der Waals surface area contributed by atoms with Crippen LogP contribution in [0.3, 0.4) is 0 Å². The van der Waals surface area contributed by atoms with Crippen LogP contribution in [0.2, 0.25) is 0 Å². The summed E-state index contributed by atoms with van der Waals surface area (Å²) in [5, 5.41) is 0. The molecule has 1 aromatic carbocycles. The molecule has 0 atom stereocenters. The van der Waals surface area contributed by atoms with Crippen LogP contribution in [0.4, 0.5) is 0 Å². The summed E-state index contributed by atoms with van der Waals surface area (Å²) in [4.78, 5) is 12.0. The van der Waals surface area contributed by atoms with Crippen LogP contribution in [0.15, 0.2) is 24.3 Å². The van der Waals surface area contributed by atoms with E-state index in [1.165, 1.54) is 5.56 Å². The van der Waals surface area contributed by atoms with Crippen molar-refractivity contribution in [2.24, 2.45) is 0 Å². The summed E-state index contributed by atoms with van der Waals surface area (Å²) in [5.74, 6) is -0.253. The fourth-order valence-electron chi connectivity index (χ4n) is 1.61. The molecule has 0 unspecified atom stereocenters. The molecule has 0 aliphatic carbocycles. The zero-order valence-electron chi connectivity index (χ0n) is 12.3. The van der Waals surface area contributed by atoms with Gasteiger partial charge < -0.3 is 4.74 Å². The lowest BCUT2D eigenvalue weighted by atomic mass is 9.82. The van der Waals surface area contributed by atoms with Crippen LogP contribution >= 0.6 is 0 Å². The lowest BCUT2D eigenvalue weighted by Crippen LogP contribution is -2.24. The van der Waals surface area contributed by atoms with Crippen molar-refractivity contribution in [3.63, 3.8) is 0 Å². The SMILES string of the molecule is CCC(C)(C)c1cccc(C(=O)OC(C)(C)C)c1. The Kier molecular flexibility index (Phi) is 4.20. The first-order valence-corrected chi connectivity index (χ1v) is 6.49. The predicted octanol–water partition coefficient (Wildman–Crippen LogP) is 4.33. The van der Waals surface area contributed by atoms with Crippen molar-refractivity contribution in [2.45, 2.75) is 59.0 Å². The second-order valence-electron chi connectivity index (χ2n) is 6.32. The van der Waals surface area contributed by atoms with E-state index in [-0.39, 0.29) is 11.4 Å². The van der Waals surface area contributed by atoms with E-state index in [0.717, 1.165) is 6.42 Å². The van der Waals surface area contributed by atoms with Crippen molar-refractivity contribution < 1.29 is 9.53 Å². The summed E-state index contributed by atoms with van der Waals surface area (Å²) < 4.78 is 5.39. The number of carbonyl (C=O) groups is 1. The van der Waals surface area contributed by atoms with Gasteiger partial charge in [0.1, 0.15) is 5.60 Å². The Labute approximate surface area is 110 Å². The highest BCUT2D eigenvalue weighted by molar-refractivity contribution is 5.89. The predicted molar refractivity (Wildman–Crippen MR) is 74.9 cm³/mol. The average molecular weight is 248 g/mol. The van der Waals surface area contributed by atoms with Crippen LogP contribution in [0.1, 0.15) is 63.9 Å². The molecule has 0 saturated carbocycles. The minimum absolute atomic E-state index is 0.0814. The van der Waals surface area contributed by atoms with Crippen molar-refractivity contribution in [1.29, 1.82) is 0 Å². The Morgan fingerprint density at radius 3 is 2.28 bits per heavy atom. The van der Waals surface area contributed by atoms with Gasteiger partial charge in [-0.3, -0.25) is 0 Å². The minimum atomic E-state index is -0.451. The molecule has 1 aromatic rings. The van der Waals surface area contributed by atoms with Gasteiger partial charge in [0.05, 0.1) is 5.56 Å². The van der Waals surface area contributed by atoms with Crippen LogP contribution in [0, 0.1) is 0 Å². The molecule has 0 aromatic heterocycles. The van der Waals surface area contributed by atoms with Crippen molar-refractivity contribution in [3.05, 3.63) is 35.4 Å². The molecule has 2 heteroatoms. The molecule has 0 N–H and O–H groups in total. The first-order valence-electron chi connectivity index (χ1n) is 6.49. The lowest BCUT2D eigenvalue weighted by molar-refractivity contribution is 0.00694. The number of carbonyl (C=O) groups excluding carboxylic acids is 1. The summed E-state index contributed by atoms with van der Waals surface area (Å²) in [7, 11) is 0. The molecule has 0 aliphatic heterocycles. The third-order valence-corrected chi connectivity index (χ3v) is 3.16. The molecule has 1 rings (SSSR count). The smallest absolute Gasteiger partial charge is 0.338 e. The topological polar surface area (TPSA) is 26.3 Å². The summed E-state index contributed by atoms with van der Waals surface area (Å²) >= 11 is 0. The Morgan fingerprint density at radius 2 is 1.78 bits per heavy atom. The van der Waals surface area contributed by atoms with Crippen LogP contribution in [-0.2, 0) is 10.2 Å². The molecule has 0 saturated heterocycles. The van der Waals surface area contributed by atoms with Crippen LogP contribution in [0.5, 0.6) is 0 Å². The lowest BCUT2D eigenvalue weighted by Gasteiger charge is -2.24. The second kappa shape index (κ2) is 5.13. The molecular weight excluding hydrogens is 224 g/mol. The Bertz CT molecular complexity index is 425. The molecule has 0 spiro atoms. The first-order chi connectivity index (χ1) is 8.15. The first kappa shape index (κ1) is 14.7. The van der Waals surface area contributed by atoms with E-state index in [1.807, 2.05) is 39.0 Å². The largest absolute Gasteiger partial charge is 0.456 e. The maximum atomic E-state index is 12.0.